The van der Waals surface area contributed by atoms with Crippen LogP contribution in [0.3, 0.4) is 0 Å². The lowest BCUT2D eigenvalue weighted by atomic mass is 9.74. The van der Waals surface area contributed by atoms with Crippen molar-refractivity contribution in [1.82, 2.24) is 21.1 Å². The zero-order chi connectivity index (χ0) is 16.0. The van der Waals surface area contributed by atoms with E-state index in [1.807, 2.05) is 4.90 Å². The Morgan fingerprint density at radius 2 is 1.96 bits per heavy atom. The molecule has 0 aromatic heterocycles. The van der Waals surface area contributed by atoms with E-state index in [2.05, 4.69) is 32.1 Å². The quantitative estimate of drug-likeness (QED) is 0.541. The van der Waals surface area contributed by atoms with Crippen LogP contribution < -0.4 is 16.2 Å². The molecule has 2 saturated heterocycles. The third-order valence-electron chi connectivity index (χ3n) is 5.29. The second kappa shape index (κ2) is 6.03. The van der Waals surface area contributed by atoms with Gasteiger partial charge in [0.05, 0.1) is 4.95 Å². The number of nitrogens with one attached hydrogen (secondary N) is 3. The Balaban J connectivity index is 1.45. The summed E-state index contributed by atoms with van der Waals surface area (Å²) in [6.45, 7) is 1.29. The van der Waals surface area contributed by atoms with Crippen LogP contribution in [0.4, 0.5) is 9.18 Å². The lowest BCUT2D eigenvalue weighted by Crippen LogP contribution is -2.60. The number of halogens is 2. The minimum Gasteiger partial charge on any atom is -0.335 e. The molecule has 23 heavy (non-hydrogen) atoms. The predicted molar refractivity (Wildman–Crippen MR) is 88.1 cm³/mol. The fraction of sp³-hybridized carbons (Fsp3) is 0.562. The Hall–Kier alpha value is -1.18. The van der Waals surface area contributed by atoms with Gasteiger partial charge < -0.3 is 10.2 Å². The summed E-state index contributed by atoms with van der Waals surface area (Å²) >= 11 is 3.67. The summed E-state index contributed by atoms with van der Waals surface area (Å²) < 4.78 is 13.0. The van der Waals surface area contributed by atoms with E-state index in [1.54, 1.807) is 12.1 Å². The molecule has 0 spiro atoms. The van der Waals surface area contributed by atoms with Gasteiger partial charge in [0.15, 0.2) is 0 Å². The second-order valence-corrected chi connectivity index (χ2v) is 7.74. The monoisotopic (exact) mass is 382 g/mol. The van der Waals surface area contributed by atoms with Crippen molar-refractivity contribution in [2.24, 2.45) is 11.8 Å². The van der Waals surface area contributed by atoms with Gasteiger partial charge in [0.25, 0.3) is 0 Å². The van der Waals surface area contributed by atoms with Gasteiger partial charge >= 0.3 is 6.03 Å². The molecule has 1 saturated carbocycles. The summed E-state index contributed by atoms with van der Waals surface area (Å²) in [5.41, 5.74) is 7.51. The van der Waals surface area contributed by atoms with Crippen LogP contribution in [0.2, 0.25) is 0 Å². The fourth-order valence-electron chi connectivity index (χ4n) is 4.04. The van der Waals surface area contributed by atoms with Gasteiger partial charge in [-0.25, -0.2) is 14.6 Å². The van der Waals surface area contributed by atoms with Crippen molar-refractivity contribution in [3.63, 3.8) is 0 Å². The van der Waals surface area contributed by atoms with E-state index in [0.29, 0.717) is 24.4 Å². The SMILES string of the molecule is O=C1NC2CC3NNC(Br)C3CC2CN1Cc1ccc(F)cc1. The van der Waals surface area contributed by atoms with Crippen molar-refractivity contribution >= 4 is 22.0 Å². The number of nitrogens with zero attached hydrogens (tertiary/aromatic N) is 1. The molecule has 124 valence electrons. The molecule has 0 radical (unpaired) electrons. The molecule has 3 aliphatic rings. The summed E-state index contributed by atoms with van der Waals surface area (Å²) in [5, 5.41) is 3.16. The van der Waals surface area contributed by atoms with Crippen molar-refractivity contribution in [2.75, 3.05) is 6.54 Å². The largest absolute Gasteiger partial charge is 0.335 e. The number of carbonyl (C=O) groups excluding carboxylic acids is 1. The first-order chi connectivity index (χ1) is 11.1. The molecule has 7 heteroatoms. The van der Waals surface area contributed by atoms with Gasteiger partial charge in [-0.1, -0.05) is 28.1 Å². The van der Waals surface area contributed by atoms with E-state index in [4.69, 9.17) is 0 Å². The van der Waals surface area contributed by atoms with Crippen molar-refractivity contribution < 1.29 is 9.18 Å². The number of urea groups is 1. The Morgan fingerprint density at radius 1 is 1.17 bits per heavy atom. The number of benzene rings is 1. The van der Waals surface area contributed by atoms with Crippen LogP contribution in [0.1, 0.15) is 18.4 Å². The maximum Gasteiger partial charge on any atom is 0.317 e. The van der Waals surface area contributed by atoms with Crippen LogP contribution in [0.15, 0.2) is 24.3 Å². The van der Waals surface area contributed by atoms with Gasteiger partial charge in [-0.05, 0) is 36.5 Å². The lowest BCUT2D eigenvalue weighted by molar-refractivity contribution is 0.100. The first kappa shape index (κ1) is 15.4. The zero-order valence-corrected chi connectivity index (χ0v) is 14.2. The van der Waals surface area contributed by atoms with E-state index < -0.39 is 0 Å². The Kier molecular flexibility index (Phi) is 4.03. The number of alkyl halides is 1. The van der Waals surface area contributed by atoms with Gasteiger partial charge in [-0.15, -0.1) is 0 Å². The summed E-state index contributed by atoms with van der Waals surface area (Å²) in [6.07, 6.45) is 2.03. The van der Waals surface area contributed by atoms with E-state index in [1.165, 1.54) is 12.1 Å². The average Bonchev–Trinajstić information content (AvgIpc) is 2.89. The molecule has 2 amide bonds. The molecule has 4 rings (SSSR count). The first-order valence-electron chi connectivity index (χ1n) is 8.05. The molecule has 0 bridgehead atoms. The van der Waals surface area contributed by atoms with Crippen LogP contribution in [0.5, 0.6) is 0 Å². The Morgan fingerprint density at radius 3 is 2.74 bits per heavy atom. The van der Waals surface area contributed by atoms with Crippen molar-refractivity contribution in [3.8, 4) is 0 Å². The van der Waals surface area contributed by atoms with Gasteiger partial charge in [0, 0.05) is 31.1 Å². The van der Waals surface area contributed by atoms with Crippen LogP contribution in [0.25, 0.3) is 0 Å². The number of hydrogen-bond donors (Lipinski definition) is 3. The smallest absolute Gasteiger partial charge is 0.317 e. The maximum absolute atomic E-state index is 13.0. The molecule has 1 aromatic rings. The third kappa shape index (κ3) is 2.97. The molecule has 3 N–H and O–H groups in total. The minimum absolute atomic E-state index is 0.0182. The Bertz CT molecular complexity index is 598. The molecule has 5 unspecified atom stereocenters. The highest BCUT2D eigenvalue weighted by molar-refractivity contribution is 9.09. The fourth-order valence-corrected chi connectivity index (χ4v) is 4.76. The van der Waals surface area contributed by atoms with E-state index >= 15 is 0 Å². The van der Waals surface area contributed by atoms with Gasteiger partial charge in [0.2, 0.25) is 0 Å². The van der Waals surface area contributed by atoms with Gasteiger partial charge in [-0.2, -0.15) is 0 Å². The second-order valence-electron chi connectivity index (χ2n) is 6.76. The van der Waals surface area contributed by atoms with Crippen molar-refractivity contribution in [3.05, 3.63) is 35.6 Å². The maximum atomic E-state index is 13.0. The lowest BCUT2D eigenvalue weighted by Gasteiger charge is -2.45. The third-order valence-corrected chi connectivity index (χ3v) is 6.20. The summed E-state index contributed by atoms with van der Waals surface area (Å²) in [4.78, 5) is 14.5. The topological polar surface area (TPSA) is 56.4 Å². The molecule has 3 fully saturated rings. The molecule has 1 aromatic carbocycles. The van der Waals surface area contributed by atoms with Gasteiger partial charge in [-0.3, -0.25) is 5.43 Å². The number of hydrazine groups is 1. The zero-order valence-electron chi connectivity index (χ0n) is 12.6. The average molecular weight is 383 g/mol. The molecule has 2 aliphatic heterocycles. The number of hydrogen-bond acceptors (Lipinski definition) is 3. The van der Waals surface area contributed by atoms with Crippen molar-refractivity contribution in [2.45, 2.75) is 36.4 Å². The molecule has 1 aliphatic carbocycles. The standard InChI is InChI=1S/C16H20BrFN4O/c17-15-12-5-10-8-22(7-9-1-3-11(18)4-2-9)16(23)19-13(10)6-14(12)20-21-15/h1-4,10,12-15,20-21H,5-8H2,(H,19,23). The van der Waals surface area contributed by atoms with Crippen LogP contribution >= 0.6 is 15.9 Å². The summed E-state index contributed by atoms with van der Waals surface area (Å²) in [5.74, 6) is 0.745. The van der Waals surface area contributed by atoms with Crippen LogP contribution in [0, 0.1) is 17.7 Å². The summed E-state index contributed by atoms with van der Waals surface area (Å²) in [6, 6.07) is 6.99. The normalized spacial score (nSPS) is 36.3. The van der Waals surface area contributed by atoms with E-state index in [0.717, 1.165) is 24.9 Å². The molecular formula is C16H20BrFN4O. The van der Waals surface area contributed by atoms with E-state index in [9.17, 15) is 9.18 Å². The molecule has 5 atom stereocenters. The number of fused-ring (bicyclic) bond motifs is 2. The Labute approximate surface area is 143 Å². The number of rotatable bonds is 2. The molecule has 5 nitrogen and oxygen atoms in total. The predicted octanol–water partition coefficient (Wildman–Crippen LogP) is 1.94. The highest BCUT2D eigenvalue weighted by atomic mass is 79.9. The molecule has 2 heterocycles. The molecular weight excluding hydrogens is 363 g/mol. The summed E-state index contributed by atoms with van der Waals surface area (Å²) in [7, 11) is 0. The first-order valence-corrected chi connectivity index (χ1v) is 8.97. The number of amides is 2. The highest BCUT2D eigenvalue weighted by Gasteiger charge is 2.46. The van der Waals surface area contributed by atoms with Crippen molar-refractivity contribution in [1.29, 1.82) is 0 Å². The van der Waals surface area contributed by atoms with Crippen LogP contribution in [-0.2, 0) is 6.54 Å². The van der Waals surface area contributed by atoms with Gasteiger partial charge in [0.1, 0.15) is 5.82 Å². The number of carbonyl (C=O) groups is 1. The highest BCUT2D eigenvalue weighted by Crippen LogP contribution is 2.38. The van der Waals surface area contributed by atoms with Crippen LogP contribution in [-0.4, -0.2) is 34.5 Å². The van der Waals surface area contributed by atoms with E-state index in [-0.39, 0.29) is 22.8 Å². The minimum atomic E-state index is -0.250.